The van der Waals surface area contributed by atoms with Gasteiger partial charge < -0.3 is 0 Å². The predicted octanol–water partition coefficient (Wildman–Crippen LogP) is 17.2. The second kappa shape index (κ2) is 20.3. The number of benzene rings is 11. The summed E-state index contributed by atoms with van der Waals surface area (Å²) in [5, 5.41) is 13.4. The highest BCUT2D eigenvalue weighted by atomic mass is 14.1. The minimum absolute atomic E-state index is 1.31. The first-order valence-corrected chi connectivity index (χ1v) is 20.9. The van der Waals surface area contributed by atoms with Gasteiger partial charge >= 0.3 is 0 Å². The Bertz CT molecular complexity index is 2800. The zero-order valence-electron chi connectivity index (χ0n) is 34.5. The molecule has 2 aliphatic carbocycles. The highest BCUT2D eigenvalue weighted by molar-refractivity contribution is 6.05. The summed E-state index contributed by atoms with van der Waals surface area (Å²) >= 11 is 0. The highest BCUT2D eigenvalue weighted by Crippen LogP contribution is 2.31. The summed E-state index contributed by atoms with van der Waals surface area (Å²) in [4.78, 5) is 0. The lowest BCUT2D eigenvalue weighted by atomic mass is 10.0. The van der Waals surface area contributed by atoms with Crippen LogP contribution in [-0.4, -0.2) is 0 Å². The third-order valence-electron chi connectivity index (χ3n) is 10.8. The van der Waals surface area contributed by atoms with E-state index in [4.69, 9.17) is 0 Å². The molecule has 0 saturated heterocycles. The molecule has 0 heteroatoms. The van der Waals surface area contributed by atoms with Gasteiger partial charge in [0, 0.05) is 0 Å². The van der Waals surface area contributed by atoms with E-state index < -0.39 is 0 Å². The molecule has 0 aliphatic heterocycles. The van der Waals surface area contributed by atoms with E-state index in [0.717, 1.165) is 0 Å². The van der Waals surface area contributed by atoms with E-state index in [2.05, 4.69) is 244 Å². The van der Waals surface area contributed by atoms with Crippen LogP contribution in [0.25, 0.3) is 78.2 Å². The van der Waals surface area contributed by atoms with E-state index in [1.54, 1.807) is 0 Å². The Kier molecular flexibility index (Phi) is 13.3. The van der Waals surface area contributed by atoms with E-state index in [1.165, 1.54) is 81.7 Å². The van der Waals surface area contributed by atoms with E-state index in [-0.39, 0.29) is 0 Å². The molecule has 13 rings (SSSR count). The molecule has 0 heterocycles. The molecule has 2 aliphatic rings. The Morgan fingerprint density at radius 3 is 0.754 bits per heavy atom. The molecule has 11 aromatic carbocycles. The van der Waals surface area contributed by atoms with E-state index in [0.29, 0.717) is 0 Å². The van der Waals surface area contributed by atoms with Gasteiger partial charge in [-0.1, -0.05) is 273 Å². The standard InChI is InChI=1S/2C12H8.C11H10.2C10H8.C6H6/c2*1-3-9-4-2-6-11-8-7-10(5-1)12(9)11;1-9-5-4-7-10-6-2-3-8-11(9)10;2*1-2-6-10-8-4-3-7-9(10)5-1;1-2-4-6-5-3-1/h2*1-8H;2-8H,1H3;2*1-8H;1-6H. The number of hydrogen-bond donors (Lipinski definition) is 0. The summed E-state index contributed by atoms with van der Waals surface area (Å²) in [7, 11) is 0. The Hall–Kier alpha value is -7.80. The van der Waals surface area contributed by atoms with Gasteiger partial charge in [0.05, 0.1) is 0 Å². The van der Waals surface area contributed by atoms with Gasteiger partial charge in [-0.05, 0) is 88.6 Å². The zero-order valence-corrected chi connectivity index (χ0v) is 34.5. The van der Waals surface area contributed by atoms with Gasteiger partial charge in [0.15, 0.2) is 0 Å². The fraction of sp³-hybridized carbons (Fsp3) is 0.0164. The van der Waals surface area contributed by atoms with Crippen molar-refractivity contribution in [1.82, 2.24) is 0 Å². The molecule has 0 radical (unpaired) electrons. The topological polar surface area (TPSA) is 0 Å². The first-order valence-electron chi connectivity index (χ1n) is 20.9. The SMILES string of the molecule is C1=Cc2cccc3cccc1c23.C1=Cc2cccc3cccc1c23.Cc1cccc2ccccc12.c1ccc2ccccc2c1.c1ccc2ccccc2c1.c1ccccc1. The van der Waals surface area contributed by atoms with Crippen LogP contribution in [0.15, 0.2) is 249 Å². The lowest BCUT2D eigenvalue weighted by molar-refractivity contribution is 1.53. The Morgan fingerprint density at radius 2 is 0.443 bits per heavy atom. The number of aryl methyl sites for hydroxylation is 1. The summed E-state index contributed by atoms with van der Waals surface area (Å²) in [5.41, 5.74) is 6.75. The van der Waals surface area contributed by atoms with Gasteiger partial charge in [-0.25, -0.2) is 0 Å². The van der Waals surface area contributed by atoms with Crippen molar-refractivity contribution < 1.29 is 0 Å². The van der Waals surface area contributed by atoms with Crippen LogP contribution >= 0.6 is 0 Å². The summed E-state index contributed by atoms with van der Waals surface area (Å²) < 4.78 is 0. The van der Waals surface area contributed by atoms with Crippen LogP contribution < -0.4 is 0 Å². The summed E-state index contributed by atoms with van der Waals surface area (Å²) in [6, 6.07) is 86.0. The molecule has 61 heavy (non-hydrogen) atoms. The lowest BCUT2D eigenvalue weighted by Crippen LogP contribution is -1.76. The van der Waals surface area contributed by atoms with E-state index in [1.807, 2.05) is 36.4 Å². The monoisotopic (exact) mass is 780 g/mol. The summed E-state index contributed by atoms with van der Waals surface area (Å²) in [5.74, 6) is 0. The van der Waals surface area contributed by atoms with Crippen molar-refractivity contribution in [2.24, 2.45) is 0 Å². The summed E-state index contributed by atoms with van der Waals surface area (Å²) in [6.07, 6.45) is 8.71. The molecule has 11 aromatic rings. The van der Waals surface area contributed by atoms with Gasteiger partial charge in [0.2, 0.25) is 0 Å². The van der Waals surface area contributed by atoms with Crippen molar-refractivity contribution in [3.63, 3.8) is 0 Å². The lowest BCUT2D eigenvalue weighted by Gasteiger charge is -1.99. The molecule has 0 aromatic heterocycles. The van der Waals surface area contributed by atoms with Gasteiger partial charge in [-0.15, -0.1) is 0 Å². The smallest absolute Gasteiger partial charge is 0.00389 e. The van der Waals surface area contributed by atoms with Gasteiger partial charge in [-0.2, -0.15) is 0 Å². The Morgan fingerprint density at radius 1 is 0.197 bits per heavy atom. The number of hydrogen-bond acceptors (Lipinski definition) is 0. The largest absolute Gasteiger partial charge is 0.0623 e. The average molecular weight is 781 g/mol. The van der Waals surface area contributed by atoms with Crippen molar-refractivity contribution in [2.45, 2.75) is 6.92 Å². The second-order valence-corrected chi connectivity index (χ2v) is 14.9. The van der Waals surface area contributed by atoms with E-state index in [9.17, 15) is 0 Å². The normalized spacial score (nSPS) is 10.9. The first-order chi connectivity index (χ1) is 30.2. The molecular weight excluding hydrogens is 733 g/mol. The molecule has 0 nitrogen and oxygen atoms in total. The molecule has 0 unspecified atom stereocenters. The van der Waals surface area contributed by atoms with Crippen LogP contribution in [0.4, 0.5) is 0 Å². The minimum atomic E-state index is 1.31. The summed E-state index contributed by atoms with van der Waals surface area (Å²) in [6.45, 7) is 2.14. The van der Waals surface area contributed by atoms with Crippen molar-refractivity contribution in [1.29, 1.82) is 0 Å². The predicted molar refractivity (Wildman–Crippen MR) is 269 cm³/mol. The van der Waals surface area contributed by atoms with Crippen LogP contribution in [0.2, 0.25) is 0 Å². The molecule has 0 N–H and O–H groups in total. The maximum Gasteiger partial charge on any atom is -0.00389 e. The van der Waals surface area contributed by atoms with Crippen LogP contribution in [0, 0.1) is 6.92 Å². The molecule has 0 saturated carbocycles. The molecule has 0 amide bonds. The molecule has 0 spiro atoms. The van der Waals surface area contributed by atoms with Gasteiger partial charge in [0.1, 0.15) is 0 Å². The zero-order chi connectivity index (χ0) is 41.5. The Labute approximate surface area is 360 Å². The third kappa shape index (κ3) is 10.3. The molecule has 0 bridgehead atoms. The van der Waals surface area contributed by atoms with Crippen LogP contribution in [-0.2, 0) is 0 Å². The van der Waals surface area contributed by atoms with Crippen molar-refractivity contribution in [2.75, 3.05) is 0 Å². The fourth-order valence-corrected chi connectivity index (χ4v) is 7.75. The molecule has 292 valence electrons. The average Bonchev–Trinajstić information content (AvgIpc) is 3.97. The molecule has 0 fully saturated rings. The minimum Gasteiger partial charge on any atom is -0.0623 e. The van der Waals surface area contributed by atoms with Crippen molar-refractivity contribution in [3.05, 3.63) is 277 Å². The highest BCUT2D eigenvalue weighted by Gasteiger charge is 2.07. The maximum atomic E-state index is 2.18. The van der Waals surface area contributed by atoms with Crippen LogP contribution in [0.5, 0.6) is 0 Å². The first kappa shape index (κ1) is 40.0. The molecular formula is C61H48. The number of rotatable bonds is 0. The maximum absolute atomic E-state index is 2.18. The quantitative estimate of drug-likeness (QED) is 0.144. The van der Waals surface area contributed by atoms with Crippen molar-refractivity contribution >= 4 is 78.2 Å². The number of fused-ring (bicyclic) bond motifs is 3. The second-order valence-electron chi connectivity index (χ2n) is 14.9. The van der Waals surface area contributed by atoms with Gasteiger partial charge in [-0.3, -0.25) is 0 Å². The van der Waals surface area contributed by atoms with E-state index >= 15 is 0 Å². The molecule has 0 atom stereocenters. The Balaban J connectivity index is 0.000000102. The fourth-order valence-electron chi connectivity index (χ4n) is 7.75. The van der Waals surface area contributed by atoms with Gasteiger partial charge in [0.25, 0.3) is 0 Å². The van der Waals surface area contributed by atoms with Crippen molar-refractivity contribution in [3.8, 4) is 0 Å². The van der Waals surface area contributed by atoms with Crippen LogP contribution in [0.3, 0.4) is 0 Å². The van der Waals surface area contributed by atoms with Crippen LogP contribution in [0.1, 0.15) is 27.8 Å². The third-order valence-corrected chi connectivity index (χ3v) is 10.8.